The Kier molecular flexibility index (Phi) is 4.90. The molecular formula is C21H16N4O4S. The first-order valence-corrected chi connectivity index (χ1v) is 10.4. The molecule has 0 atom stereocenters. The summed E-state index contributed by atoms with van der Waals surface area (Å²) in [6.45, 7) is 0. The van der Waals surface area contributed by atoms with E-state index < -0.39 is 20.6 Å². The molecular weight excluding hydrogens is 404 g/mol. The first-order valence-electron chi connectivity index (χ1n) is 8.85. The fraction of sp³-hybridized carbons (Fsp3) is 0. The lowest BCUT2D eigenvalue weighted by molar-refractivity contribution is -0.384. The Hall–Kier alpha value is -3.82. The molecule has 0 aliphatic carbocycles. The molecule has 0 saturated carbocycles. The van der Waals surface area contributed by atoms with E-state index in [2.05, 4.69) is 16.6 Å². The Bertz CT molecular complexity index is 1380. The highest BCUT2D eigenvalue weighted by molar-refractivity contribution is 7.89. The molecule has 0 unspecified atom stereocenters. The summed E-state index contributed by atoms with van der Waals surface area (Å²) in [4.78, 5) is 10.3. The van der Waals surface area contributed by atoms with Gasteiger partial charge in [0.1, 0.15) is 5.69 Å². The Balaban J connectivity index is 1.77. The normalized spacial score (nSPS) is 11.9. The van der Waals surface area contributed by atoms with Gasteiger partial charge in [-0.1, -0.05) is 48.5 Å². The zero-order valence-corrected chi connectivity index (χ0v) is 16.3. The number of primary sulfonamides is 1. The Morgan fingerprint density at radius 2 is 1.53 bits per heavy atom. The van der Waals surface area contributed by atoms with Gasteiger partial charge in [0, 0.05) is 11.6 Å². The van der Waals surface area contributed by atoms with Crippen molar-refractivity contribution in [2.45, 2.75) is 4.90 Å². The minimum Gasteiger partial charge on any atom is -0.272 e. The second-order valence-electron chi connectivity index (χ2n) is 6.58. The smallest absolute Gasteiger partial charge is 0.272 e. The summed E-state index contributed by atoms with van der Waals surface area (Å²) in [5, 5.41) is 24.7. The number of fused-ring (bicyclic) bond motifs is 2. The van der Waals surface area contributed by atoms with Crippen molar-refractivity contribution < 1.29 is 13.3 Å². The molecule has 30 heavy (non-hydrogen) atoms. The van der Waals surface area contributed by atoms with Crippen molar-refractivity contribution in [3.8, 4) is 0 Å². The van der Waals surface area contributed by atoms with Gasteiger partial charge in [0.25, 0.3) is 5.69 Å². The summed E-state index contributed by atoms with van der Waals surface area (Å²) in [5.41, 5.74) is 3.11. The van der Waals surface area contributed by atoms with Crippen molar-refractivity contribution in [2.75, 3.05) is 5.43 Å². The quantitative estimate of drug-likeness (QED) is 0.218. The van der Waals surface area contributed by atoms with Crippen LogP contribution in [0.2, 0.25) is 0 Å². The number of anilines is 1. The highest BCUT2D eigenvalue weighted by Crippen LogP contribution is 2.29. The zero-order chi connectivity index (χ0) is 21.3. The molecule has 0 heterocycles. The van der Waals surface area contributed by atoms with Crippen LogP contribution in [0.15, 0.2) is 82.8 Å². The number of nitro groups is 1. The minimum absolute atomic E-state index is 0.0493. The fourth-order valence-corrected chi connectivity index (χ4v) is 3.82. The summed E-state index contributed by atoms with van der Waals surface area (Å²) >= 11 is 0. The summed E-state index contributed by atoms with van der Waals surface area (Å²) in [6.07, 6.45) is 1.60. The highest BCUT2D eigenvalue weighted by atomic mass is 32.2. The maximum Gasteiger partial charge on any atom is 0.295 e. The molecule has 0 saturated heterocycles. The van der Waals surface area contributed by atoms with Crippen LogP contribution in [0.3, 0.4) is 0 Å². The number of benzene rings is 4. The van der Waals surface area contributed by atoms with E-state index in [1.54, 1.807) is 6.21 Å². The van der Waals surface area contributed by atoms with E-state index in [9.17, 15) is 18.5 Å². The minimum atomic E-state index is -4.06. The number of sulfonamides is 1. The van der Waals surface area contributed by atoms with Crippen molar-refractivity contribution in [1.29, 1.82) is 0 Å². The van der Waals surface area contributed by atoms with Crippen molar-refractivity contribution in [2.24, 2.45) is 10.2 Å². The standard InChI is InChI=1S/C21H16N4O4S/c22-30(28,29)16-9-10-20(21(12-16)25(26)27)24-23-13-19-17-7-3-1-5-14(17)11-15-6-2-4-8-18(15)19/h1-13,24H,(H2,22,28,29)/b23-13-. The predicted molar refractivity (Wildman–Crippen MR) is 117 cm³/mol. The van der Waals surface area contributed by atoms with E-state index in [1.165, 1.54) is 12.1 Å². The molecule has 0 fully saturated rings. The van der Waals surface area contributed by atoms with E-state index >= 15 is 0 Å². The average Bonchev–Trinajstić information content (AvgIpc) is 2.72. The molecule has 150 valence electrons. The number of nitrogens with one attached hydrogen (secondary N) is 1. The van der Waals surface area contributed by atoms with Crippen LogP contribution in [0.25, 0.3) is 21.5 Å². The average molecular weight is 420 g/mol. The van der Waals surface area contributed by atoms with Gasteiger partial charge in [0.15, 0.2) is 0 Å². The largest absolute Gasteiger partial charge is 0.295 e. The van der Waals surface area contributed by atoms with Gasteiger partial charge >= 0.3 is 0 Å². The first kappa shape index (κ1) is 19.5. The monoisotopic (exact) mass is 420 g/mol. The third-order valence-corrected chi connectivity index (χ3v) is 5.60. The molecule has 9 heteroatoms. The number of hydrogen-bond acceptors (Lipinski definition) is 6. The number of nitrogens with zero attached hydrogens (tertiary/aromatic N) is 2. The van der Waals surface area contributed by atoms with Gasteiger partial charge in [-0.25, -0.2) is 13.6 Å². The van der Waals surface area contributed by atoms with E-state index in [4.69, 9.17) is 5.14 Å². The van der Waals surface area contributed by atoms with Gasteiger partial charge in [0.05, 0.1) is 16.0 Å². The van der Waals surface area contributed by atoms with Crippen molar-refractivity contribution in [1.82, 2.24) is 0 Å². The van der Waals surface area contributed by atoms with E-state index in [0.717, 1.165) is 33.2 Å². The second-order valence-corrected chi connectivity index (χ2v) is 8.15. The van der Waals surface area contributed by atoms with Crippen LogP contribution in [0.1, 0.15) is 5.56 Å². The lowest BCUT2D eigenvalue weighted by Crippen LogP contribution is -2.12. The van der Waals surface area contributed by atoms with Gasteiger partial charge in [-0.05, 0) is 39.7 Å². The van der Waals surface area contributed by atoms with Crippen LogP contribution in [0.4, 0.5) is 11.4 Å². The summed E-state index contributed by atoms with van der Waals surface area (Å²) in [5.74, 6) is 0. The molecule has 0 aromatic heterocycles. The molecule has 0 amide bonds. The van der Waals surface area contributed by atoms with Crippen LogP contribution >= 0.6 is 0 Å². The first-order chi connectivity index (χ1) is 14.3. The van der Waals surface area contributed by atoms with Crippen LogP contribution in [-0.4, -0.2) is 19.6 Å². The van der Waals surface area contributed by atoms with Crippen molar-refractivity contribution in [3.63, 3.8) is 0 Å². The number of hydrazone groups is 1. The molecule has 4 aromatic rings. The maximum atomic E-state index is 11.5. The van der Waals surface area contributed by atoms with Gasteiger partial charge < -0.3 is 0 Å². The number of nitrogens with two attached hydrogens (primary N) is 1. The van der Waals surface area contributed by atoms with Gasteiger partial charge in [-0.15, -0.1) is 0 Å². The van der Waals surface area contributed by atoms with E-state index in [0.29, 0.717) is 0 Å². The molecule has 4 rings (SSSR count). The lowest BCUT2D eigenvalue weighted by Gasteiger charge is -2.08. The maximum absolute atomic E-state index is 11.5. The SMILES string of the molecule is NS(=O)(=O)c1ccc(N/N=C\c2c3ccccc3cc3ccccc23)c([N+](=O)[O-])c1. The molecule has 0 bridgehead atoms. The predicted octanol–water partition coefficient (Wildman–Crippen LogP) is 3.99. The van der Waals surface area contributed by atoms with E-state index in [-0.39, 0.29) is 10.6 Å². The van der Waals surface area contributed by atoms with Crippen LogP contribution in [-0.2, 0) is 10.0 Å². The molecule has 0 radical (unpaired) electrons. The van der Waals surface area contributed by atoms with Crippen molar-refractivity contribution in [3.05, 3.63) is 88.5 Å². The topological polar surface area (TPSA) is 128 Å². The van der Waals surface area contributed by atoms with Crippen LogP contribution < -0.4 is 10.6 Å². The van der Waals surface area contributed by atoms with Gasteiger partial charge in [-0.2, -0.15) is 5.10 Å². The molecule has 3 N–H and O–H groups in total. The Morgan fingerprint density at radius 1 is 0.933 bits per heavy atom. The molecule has 0 aliphatic heterocycles. The van der Waals surface area contributed by atoms with Crippen LogP contribution in [0, 0.1) is 10.1 Å². The Labute approximate surface area is 171 Å². The third-order valence-electron chi connectivity index (χ3n) is 4.69. The van der Waals surface area contributed by atoms with Gasteiger partial charge in [-0.3, -0.25) is 15.5 Å². The fourth-order valence-electron chi connectivity index (χ4n) is 3.29. The van der Waals surface area contributed by atoms with E-state index in [1.807, 2.05) is 48.5 Å². The summed E-state index contributed by atoms with van der Waals surface area (Å²) in [7, 11) is -4.06. The van der Waals surface area contributed by atoms with Gasteiger partial charge in [0.2, 0.25) is 10.0 Å². The molecule has 0 aliphatic rings. The van der Waals surface area contributed by atoms with Crippen molar-refractivity contribution >= 4 is 49.2 Å². The highest BCUT2D eigenvalue weighted by Gasteiger charge is 2.18. The summed E-state index contributed by atoms with van der Waals surface area (Å²) < 4.78 is 22.9. The number of rotatable bonds is 5. The molecule has 8 nitrogen and oxygen atoms in total. The molecule has 0 spiro atoms. The lowest BCUT2D eigenvalue weighted by atomic mass is 9.97. The number of hydrogen-bond donors (Lipinski definition) is 2. The Morgan fingerprint density at radius 3 is 2.10 bits per heavy atom. The number of nitro benzene ring substituents is 1. The van der Waals surface area contributed by atoms with Crippen LogP contribution in [0.5, 0.6) is 0 Å². The molecule has 4 aromatic carbocycles. The third kappa shape index (κ3) is 3.71. The second kappa shape index (κ2) is 7.54. The summed E-state index contributed by atoms with van der Waals surface area (Å²) in [6, 6.07) is 21.2. The zero-order valence-electron chi connectivity index (χ0n) is 15.5.